The van der Waals surface area contributed by atoms with E-state index in [2.05, 4.69) is 17.1 Å². The highest BCUT2D eigenvalue weighted by Gasteiger charge is 2.24. The zero-order valence-corrected chi connectivity index (χ0v) is 14.8. The van der Waals surface area contributed by atoms with Gasteiger partial charge in [-0.1, -0.05) is 30.3 Å². The van der Waals surface area contributed by atoms with Crippen molar-refractivity contribution in [3.8, 4) is 0 Å². The molecule has 1 saturated heterocycles. The lowest BCUT2D eigenvalue weighted by Crippen LogP contribution is -2.41. The van der Waals surface area contributed by atoms with Crippen LogP contribution >= 0.6 is 0 Å². The molecular formula is C19H21N3O5. The SMILES string of the molecule is O=C(OCC(=O)N1CCC(Cc2ccccc2)CC1)c1cc(=O)[nH]c(=O)[nH]1. The van der Waals surface area contributed by atoms with Crippen molar-refractivity contribution in [3.05, 3.63) is 68.5 Å². The fourth-order valence-corrected chi connectivity index (χ4v) is 3.21. The van der Waals surface area contributed by atoms with E-state index in [1.54, 1.807) is 4.90 Å². The third-order valence-electron chi connectivity index (χ3n) is 4.64. The van der Waals surface area contributed by atoms with E-state index in [1.165, 1.54) is 5.56 Å². The molecule has 8 heteroatoms. The van der Waals surface area contributed by atoms with Crippen molar-refractivity contribution in [2.24, 2.45) is 5.92 Å². The summed E-state index contributed by atoms with van der Waals surface area (Å²) in [5.74, 6) is -0.667. The average molecular weight is 371 g/mol. The molecule has 2 aromatic rings. The van der Waals surface area contributed by atoms with Crippen LogP contribution in [-0.4, -0.2) is 46.4 Å². The number of aromatic nitrogens is 2. The van der Waals surface area contributed by atoms with Crippen LogP contribution in [0.15, 0.2) is 46.0 Å². The highest BCUT2D eigenvalue weighted by atomic mass is 16.5. The lowest BCUT2D eigenvalue weighted by Gasteiger charge is -2.32. The van der Waals surface area contributed by atoms with E-state index in [0.29, 0.717) is 19.0 Å². The molecule has 1 aliphatic heterocycles. The number of esters is 1. The lowest BCUT2D eigenvalue weighted by atomic mass is 9.90. The molecule has 1 aromatic heterocycles. The van der Waals surface area contributed by atoms with Crippen LogP contribution in [0, 0.1) is 5.92 Å². The van der Waals surface area contributed by atoms with Gasteiger partial charge in [-0.2, -0.15) is 0 Å². The highest BCUT2D eigenvalue weighted by Crippen LogP contribution is 2.21. The Morgan fingerprint density at radius 2 is 1.78 bits per heavy atom. The number of nitrogens with zero attached hydrogens (tertiary/aromatic N) is 1. The number of piperidine rings is 1. The molecule has 1 aromatic carbocycles. The van der Waals surface area contributed by atoms with Crippen LogP contribution < -0.4 is 11.2 Å². The molecule has 0 radical (unpaired) electrons. The molecule has 1 fully saturated rings. The molecule has 1 amide bonds. The average Bonchev–Trinajstić information content (AvgIpc) is 2.66. The Kier molecular flexibility index (Phi) is 5.85. The van der Waals surface area contributed by atoms with Gasteiger partial charge in [0.15, 0.2) is 6.61 Å². The first-order valence-corrected chi connectivity index (χ1v) is 8.84. The molecule has 1 aliphatic rings. The van der Waals surface area contributed by atoms with Crippen LogP contribution in [0.4, 0.5) is 0 Å². The van der Waals surface area contributed by atoms with Gasteiger partial charge in [0.25, 0.3) is 11.5 Å². The molecule has 0 atom stereocenters. The van der Waals surface area contributed by atoms with Gasteiger partial charge in [0.05, 0.1) is 0 Å². The van der Waals surface area contributed by atoms with Gasteiger partial charge in [0.2, 0.25) is 0 Å². The standard InChI is InChI=1S/C19H21N3O5/c23-16-11-15(20-19(26)21-16)18(25)27-12-17(24)22-8-6-14(7-9-22)10-13-4-2-1-3-5-13/h1-5,11,14H,6-10,12H2,(H2,20,21,23,26). The van der Waals surface area contributed by atoms with E-state index in [4.69, 9.17) is 4.74 Å². The largest absolute Gasteiger partial charge is 0.451 e. The number of carbonyl (C=O) groups is 2. The molecule has 0 unspecified atom stereocenters. The van der Waals surface area contributed by atoms with Crippen LogP contribution in [0.1, 0.15) is 28.9 Å². The van der Waals surface area contributed by atoms with Crippen molar-refractivity contribution >= 4 is 11.9 Å². The van der Waals surface area contributed by atoms with Gasteiger partial charge in [-0.25, -0.2) is 9.59 Å². The number of amides is 1. The fraction of sp³-hybridized carbons (Fsp3) is 0.368. The third kappa shape index (κ3) is 5.16. The summed E-state index contributed by atoms with van der Waals surface area (Å²) in [5.41, 5.74) is -0.500. The predicted octanol–water partition coefficient (Wildman–Crippen LogP) is 0.701. The fourth-order valence-electron chi connectivity index (χ4n) is 3.21. The highest BCUT2D eigenvalue weighted by molar-refractivity contribution is 5.89. The molecule has 0 bridgehead atoms. The number of carbonyl (C=O) groups excluding carboxylic acids is 2. The number of rotatable bonds is 5. The minimum absolute atomic E-state index is 0.280. The molecule has 0 saturated carbocycles. The van der Waals surface area contributed by atoms with Gasteiger partial charge in [0, 0.05) is 19.2 Å². The first kappa shape index (κ1) is 18.6. The second-order valence-corrected chi connectivity index (χ2v) is 6.59. The molecule has 0 aliphatic carbocycles. The second kappa shape index (κ2) is 8.48. The molecule has 142 valence electrons. The Morgan fingerprint density at radius 3 is 2.44 bits per heavy atom. The van der Waals surface area contributed by atoms with Crippen LogP contribution in [-0.2, 0) is 16.0 Å². The van der Waals surface area contributed by atoms with Gasteiger partial charge in [-0.15, -0.1) is 0 Å². The van der Waals surface area contributed by atoms with Gasteiger partial charge < -0.3 is 14.6 Å². The summed E-state index contributed by atoms with van der Waals surface area (Å²) in [4.78, 5) is 52.3. The summed E-state index contributed by atoms with van der Waals surface area (Å²) in [6.07, 6.45) is 2.79. The topological polar surface area (TPSA) is 112 Å². The van der Waals surface area contributed by atoms with Crippen molar-refractivity contribution in [2.45, 2.75) is 19.3 Å². The Hall–Kier alpha value is -3.16. The monoisotopic (exact) mass is 371 g/mol. The zero-order valence-electron chi connectivity index (χ0n) is 14.8. The van der Waals surface area contributed by atoms with E-state index in [-0.39, 0.29) is 11.6 Å². The Balaban J connectivity index is 1.46. The smallest absolute Gasteiger partial charge is 0.355 e. The Labute approximate surface area is 155 Å². The number of aromatic amines is 2. The third-order valence-corrected chi connectivity index (χ3v) is 4.64. The predicted molar refractivity (Wildman–Crippen MR) is 97.4 cm³/mol. The van der Waals surface area contributed by atoms with Crippen molar-refractivity contribution in [1.29, 1.82) is 0 Å². The number of nitrogens with one attached hydrogen (secondary N) is 2. The molecule has 3 rings (SSSR count). The maximum Gasteiger partial charge on any atom is 0.355 e. The molecule has 2 heterocycles. The Bertz CT molecular complexity index is 882. The number of ether oxygens (including phenoxy) is 1. The second-order valence-electron chi connectivity index (χ2n) is 6.59. The minimum Gasteiger partial charge on any atom is -0.451 e. The van der Waals surface area contributed by atoms with E-state index < -0.39 is 23.8 Å². The van der Waals surface area contributed by atoms with Crippen LogP contribution in [0.3, 0.4) is 0 Å². The molecular weight excluding hydrogens is 350 g/mol. The van der Waals surface area contributed by atoms with E-state index >= 15 is 0 Å². The first-order valence-electron chi connectivity index (χ1n) is 8.84. The zero-order chi connectivity index (χ0) is 19.2. The summed E-state index contributed by atoms with van der Waals surface area (Å²) in [7, 11) is 0. The van der Waals surface area contributed by atoms with Crippen molar-refractivity contribution < 1.29 is 14.3 Å². The van der Waals surface area contributed by atoms with Gasteiger partial charge in [-0.05, 0) is 30.7 Å². The van der Waals surface area contributed by atoms with Gasteiger partial charge in [0.1, 0.15) is 5.69 Å². The molecule has 0 spiro atoms. The number of likely N-dealkylation sites (tertiary alicyclic amines) is 1. The maximum absolute atomic E-state index is 12.2. The summed E-state index contributed by atoms with van der Waals surface area (Å²) >= 11 is 0. The number of hydrogen-bond acceptors (Lipinski definition) is 5. The van der Waals surface area contributed by atoms with Crippen LogP contribution in [0.2, 0.25) is 0 Å². The normalized spacial score (nSPS) is 14.7. The number of hydrogen-bond donors (Lipinski definition) is 2. The van der Waals surface area contributed by atoms with Crippen molar-refractivity contribution in [1.82, 2.24) is 14.9 Å². The Morgan fingerprint density at radius 1 is 1.07 bits per heavy atom. The van der Waals surface area contributed by atoms with Crippen LogP contribution in [0.5, 0.6) is 0 Å². The quantitative estimate of drug-likeness (QED) is 0.752. The summed E-state index contributed by atoms with van der Waals surface area (Å²) in [6, 6.07) is 11.2. The summed E-state index contributed by atoms with van der Waals surface area (Å²) in [6.45, 7) is 0.822. The van der Waals surface area contributed by atoms with E-state index in [0.717, 1.165) is 25.3 Å². The number of H-pyrrole nitrogens is 2. The van der Waals surface area contributed by atoms with Crippen LogP contribution in [0.25, 0.3) is 0 Å². The van der Waals surface area contributed by atoms with Crippen molar-refractivity contribution in [3.63, 3.8) is 0 Å². The van der Waals surface area contributed by atoms with E-state index in [9.17, 15) is 19.2 Å². The summed E-state index contributed by atoms with van der Waals surface area (Å²) in [5, 5.41) is 0. The lowest BCUT2D eigenvalue weighted by molar-refractivity contribution is -0.135. The minimum atomic E-state index is -0.912. The molecule has 27 heavy (non-hydrogen) atoms. The van der Waals surface area contributed by atoms with E-state index in [1.807, 2.05) is 23.2 Å². The molecule has 2 N–H and O–H groups in total. The first-order chi connectivity index (χ1) is 13.0. The molecule has 8 nitrogen and oxygen atoms in total. The number of benzene rings is 1. The van der Waals surface area contributed by atoms with Crippen molar-refractivity contribution in [2.75, 3.05) is 19.7 Å². The van der Waals surface area contributed by atoms with Gasteiger partial charge >= 0.3 is 11.7 Å². The van der Waals surface area contributed by atoms with Gasteiger partial charge in [-0.3, -0.25) is 14.6 Å². The maximum atomic E-state index is 12.2. The summed E-state index contributed by atoms with van der Waals surface area (Å²) < 4.78 is 4.92.